The number of likely N-dealkylation sites (tertiary alicyclic amines) is 1. The number of aromatic nitrogens is 2. The maximum absolute atomic E-state index is 12.2. The highest BCUT2D eigenvalue weighted by Crippen LogP contribution is 2.34. The first-order valence-electron chi connectivity index (χ1n) is 8.71. The van der Waals surface area contributed by atoms with E-state index in [1.54, 1.807) is 31.3 Å². The molecule has 2 aromatic heterocycles. The molecule has 0 radical (unpaired) electrons. The number of aliphatic hydroxyl groups is 1. The Balaban J connectivity index is 1.68. The van der Waals surface area contributed by atoms with Gasteiger partial charge in [0.2, 0.25) is 0 Å². The van der Waals surface area contributed by atoms with Gasteiger partial charge in [-0.15, -0.1) is 0 Å². The van der Waals surface area contributed by atoms with Crippen LogP contribution in [-0.4, -0.2) is 45.6 Å². The van der Waals surface area contributed by atoms with Crippen molar-refractivity contribution in [1.29, 1.82) is 0 Å². The van der Waals surface area contributed by atoms with Gasteiger partial charge in [-0.3, -0.25) is 9.59 Å². The summed E-state index contributed by atoms with van der Waals surface area (Å²) in [5.74, 6) is -0.579. The summed E-state index contributed by atoms with van der Waals surface area (Å²) in [6, 6.07) is 13.9. The number of rotatable bonds is 4. The smallest absolute Gasteiger partial charge is 0.267 e. The first-order chi connectivity index (χ1) is 13.4. The zero-order valence-electron chi connectivity index (χ0n) is 15.1. The summed E-state index contributed by atoms with van der Waals surface area (Å²) in [6.45, 7) is 0.453. The van der Waals surface area contributed by atoms with E-state index in [4.69, 9.17) is 10.3 Å². The summed E-state index contributed by atoms with van der Waals surface area (Å²) < 4.78 is 5.39. The van der Waals surface area contributed by atoms with Crippen molar-refractivity contribution in [3.63, 3.8) is 0 Å². The fourth-order valence-electron chi connectivity index (χ4n) is 3.26. The Kier molecular flexibility index (Phi) is 4.20. The quantitative estimate of drug-likeness (QED) is 0.710. The van der Waals surface area contributed by atoms with E-state index in [2.05, 4.69) is 10.1 Å². The number of hydrogen-bond acceptors (Lipinski definition) is 6. The van der Waals surface area contributed by atoms with E-state index in [0.29, 0.717) is 23.6 Å². The van der Waals surface area contributed by atoms with Gasteiger partial charge < -0.3 is 20.3 Å². The third kappa shape index (κ3) is 2.93. The van der Waals surface area contributed by atoms with Gasteiger partial charge in [0.1, 0.15) is 11.4 Å². The number of primary amides is 1. The monoisotopic (exact) mass is 378 g/mol. The van der Waals surface area contributed by atoms with Crippen LogP contribution in [0.2, 0.25) is 0 Å². The number of nitrogens with two attached hydrogens (primary N) is 1. The number of pyridine rings is 1. The molecule has 0 unspecified atom stereocenters. The molecule has 2 amide bonds. The van der Waals surface area contributed by atoms with Gasteiger partial charge in [-0.05, 0) is 18.2 Å². The Labute approximate surface area is 160 Å². The van der Waals surface area contributed by atoms with Crippen molar-refractivity contribution in [2.24, 2.45) is 5.73 Å². The second-order valence-corrected chi connectivity index (χ2v) is 6.77. The normalized spacial score (nSPS) is 19.2. The van der Waals surface area contributed by atoms with Crippen molar-refractivity contribution in [3.8, 4) is 22.6 Å². The van der Waals surface area contributed by atoms with E-state index in [1.807, 2.05) is 24.3 Å². The van der Waals surface area contributed by atoms with Gasteiger partial charge in [0, 0.05) is 37.2 Å². The molecule has 3 heterocycles. The molecule has 3 N–H and O–H groups in total. The van der Waals surface area contributed by atoms with Crippen LogP contribution >= 0.6 is 0 Å². The molecule has 3 aromatic rings. The van der Waals surface area contributed by atoms with Crippen LogP contribution in [0.15, 0.2) is 53.1 Å². The van der Waals surface area contributed by atoms with E-state index < -0.39 is 17.4 Å². The Hall–Kier alpha value is -3.52. The fourth-order valence-corrected chi connectivity index (χ4v) is 3.26. The summed E-state index contributed by atoms with van der Waals surface area (Å²) in [4.78, 5) is 29.3. The summed E-state index contributed by atoms with van der Waals surface area (Å²) in [5.41, 5.74) is 6.05. The van der Waals surface area contributed by atoms with Gasteiger partial charge in [0.25, 0.3) is 11.8 Å². The second kappa shape index (κ2) is 6.58. The highest BCUT2D eigenvalue weighted by atomic mass is 16.5. The molecule has 1 aliphatic heterocycles. The lowest BCUT2D eigenvalue weighted by atomic mass is 9.97. The zero-order chi connectivity index (χ0) is 19.9. The van der Waals surface area contributed by atoms with Gasteiger partial charge in [-0.25, -0.2) is 4.98 Å². The zero-order valence-corrected chi connectivity index (χ0v) is 15.1. The van der Waals surface area contributed by atoms with Gasteiger partial charge in [0.15, 0.2) is 11.4 Å². The van der Waals surface area contributed by atoms with Crippen molar-refractivity contribution in [3.05, 3.63) is 59.9 Å². The number of carbonyl (C=O) groups is 2. The molecular weight excluding hydrogens is 360 g/mol. The first kappa shape index (κ1) is 17.9. The van der Waals surface area contributed by atoms with Gasteiger partial charge in [-0.1, -0.05) is 29.4 Å². The van der Waals surface area contributed by atoms with Crippen LogP contribution in [-0.2, 0) is 10.4 Å². The van der Waals surface area contributed by atoms with E-state index in [-0.39, 0.29) is 17.8 Å². The number of nitrogens with zero attached hydrogens (tertiary/aromatic N) is 3. The predicted octanol–water partition coefficient (Wildman–Crippen LogP) is 1.55. The molecular formula is C20H18N4O4. The van der Waals surface area contributed by atoms with E-state index in [0.717, 1.165) is 5.56 Å². The van der Waals surface area contributed by atoms with Crippen molar-refractivity contribution in [2.45, 2.75) is 12.0 Å². The Morgan fingerprint density at radius 3 is 2.68 bits per heavy atom. The molecule has 0 saturated carbocycles. The van der Waals surface area contributed by atoms with Crippen LogP contribution in [0, 0.1) is 0 Å². The summed E-state index contributed by atoms with van der Waals surface area (Å²) >= 11 is 0. The third-order valence-electron chi connectivity index (χ3n) is 4.89. The molecule has 0 spiro atoms. The minimum Gasteiger partial charge on any atom is -0.374 e. The maximum atomic E-state index is 12.2. The maximum Gasteiger partial charge on any atom is 0.267 e. The van der Waals surface area contributed by atoms with Crippen LogP contribution in [0.5, 0.6) is 0 Å². The molecule has 142 valence electrons. The Morgan fingerprint density at radius 1 is 1.21 bits per heavy atom. The van der Waals surface area contributed by atoms with Crippen molar-refractivity contribution < 1.29 is 19.2 Å². The minimum atomic E-state index is -1.66. The standard InChI is InChI=1S/C20H18N4O4/c1-24-9-8-20(27,19(24)26)17-11-16(28-23-17)13-5-2-4-12(10-13)14-6-3-7-15(22-14)18(21)25/h2-7,10-11,27H,8-9H2,1H3,(H2,21,25)/t20-/m1/s1. The summed E-state index contributed by atoms with van der Waals surface area (Å²) in [6.07, 6.45) is 0.262. The highest BCUT2D eigenvalue weighted by Gasteiger charge is 2.47. The SMILES string of the molecule is CN1CC[C@@](O)(c2cc(-c3cccc(-c4cccc(C(N)=O)n4)c3)on2)C1=O. The molecule has 1 atom stereocenters. The summed E-state index contributed by atoms with van der Waals surface area (Å²) in [7, 11) is 1.64. The van der Waals surface area contributed by atoms with Crippen molar-refractivity contribution in [2.75, 3.05) is 13.6 Å². The molecule has 8 nitrogen and oxygen atoms in total. The van der Waals surface area contributed by atoms with E-state index in [1.165, 1.54) is 4.90 Å². The van der Waals surface area contributed by atoms with E-state index in [9.17, 15) is 14.7 Å². The topological polar surface area (TPSA) is 123 Å². The summed E-state index contributed by atoms with van der Waals surface area (Å²) in [5, 5.41) is 14.6. The lowest BCUT2D eigenvalue weighted by Crippen LogP contribution is -2.36. The highest BCUT2D eigenvalue weighted by molar-refractivity contribution is 5.91. The number of hydrogen-bond donors (Lipinski definition) is 2. The molecule has 1 fully saturated rings. The molecule has 1 aliphatic rings. The largest absolute Gasteiger partial charge is 0.374 e. The average Bonchev–Trinajstić information content (AvgIpc) is 3.31. The molecule has 1 saturated heterocycles. The fraction of sp³-hybridized carbons (Fsp3) is 0.200. The molecule has 8 heteroatoms. The molecule has 4 rings (SSSR count). The molecule has 0 aliphatic carbocycles. The third-order valence-corrected chi connectivity index (χ3v) is 4.89. The van der Waals surface area contributed by atoms with Crippen LogP contribution < -0.4 is 5.73 Å². The van der Waals surface area contributed by atoms with Gasteiger partial charge >= 0.3 is 0 Å². The lowest BCUT2D eigenvalue weighted by molar-refractivity contribution is -0.143. The second-order valence-electron chi connectivity index (χ2n) is 6.77. The van der Waals surface area contributed by atoms with Crippen molar-refractivity contribution in [1.82, 2.24) is 15.0 Å². The van der Waals surface area contributed by atoms with Crippen LogP contribution in [0.4, 0.5) is 0 Å². The number of likely N-dealkylation sites (N-methyl/N-ethyl adjacent to an activating group) is 1. The number of amides is 2. The van der Waals surface area contributed by atoms with Crippen molar-refractivity contribution >= 4 is 11.8 Å². The predicted molar refractivity (Wildman–Crippen MR) is 99.8 cm³/mol. The molecule has 28 heavy (non-hydrogen) atoms. The average molecular weight is 378 g/mol. The first-order valence-corrected chi connectivity index (χ1v) is 8.71. The lowest BCUT2D eigenvalue weighted by Gasteiger charge is -2.16. The van der Waals surface area contributed by atoms with Crippen LogP contribution in [0.3, 0.4) is 0 Å². The van der Waals surface area contributed by atoms with Crippen LogP contribution in [0.25, 0.3) is 22.6 Å². The number of benzene rings is 1. The molecule has 0 bridgehead atoms. The minimum absolute atomic E-state index is 0.177. The van der Waals surface area contributed by atoms with Crippen LogP contribution in [0.1, 0.15) is 22.6 Å². The van der Waals surface area contributed by atoms with E-state index >= 15 is 0 Å². The Bertz CT molecular complexity index is 1080. The molecule has 1 aromatic carbocycles. The number of carbonyl (C=O) groups excluding carboxylic acids is 2. The van der Waals surface area contributed by atoms with Gasteiger partial charge in [-0.2, -0.15) is 0 Å². The Morgan fingerprint density at radius 2 is 1.96 bits per heavy atom. The van der Waals surface area contributed by atoms with Gasteiger partial charge in [0.05, 0.1) is 5.69 Å².